The molecule has 1 fully saturated rings. The molecule has 0 radical (unpaired) electrons. The Morgan fingerprint density at radius 3 is 2.57 bits per heavy atom. The molecule has 1 aromatic heterocycles. The molecule has 1 aliphatic heterocycles. The number of piperazine rings is 1. The molecule has 2 heterocycles. The highest BCUT2D eigenvalue weighted by Gasteiger charge is 2.23. The van der Waals surface area contributed by atoms with E-state index in [0.29, 0.717) is 18.7 Å². The van der Waals surface area contributed by atoms with Crippen LogP contribution in [0.15, 0.2) is 24.4 Å². The number of anilines is 1. The number of hydrogen-bond acceptors (Lipinski definition) is 5. The molecular formula is C20H27N5O3. The number of aromatic nitrogens is 2. The van der Waals surface area contributed by atoms with E-state index in [1.165, 1.54) is 28.6 Å². The summed E-state index contributed by atoms with van der Waals surface area (Å²) in [6.07, 6.45) is 1.57. The Morgan fingerprint density at radius 1 is 1.18 bits per heavy atom. The maximum absolute atomic E-state index is 12.5. The van der Waals surface area contributed by atoms with Gasteiger partial charge in [-0.05, 0) is 31.0 Å². The van der Waals surface area contributed by atoms with Crippen LogP contribution in [-0.2, 0) is 11.8 Å². The van der Waals surface area contributed by atoms with Crippen LogP contribution < -0.4 is 15.0 Å². The number of aryl methyl sites for hydroxylation is 3. The van der Waals surface area contributed by atoms with Crippen LogP contribution in [0.1, 0.15) is 21.5 Å². The van der Waals surface area contributed by atoms with Crippen LogP contribution in [0.2, 0.25) is 0 Å². The molecule has 8 heteroatoms. The Kier molecular flexibility index (Phi) is 5.87. The fourth-order valence-electron chi connectivity index (χ4n) is 3.39. The Labute approximate surface area is 165 Å². The van der Waals surface area contributed by atoms with E-state index in [0.717, 1.165) is 13.1 Å². The van der Waals surface area contributed by atoms with Crippen LogP contribution in [0.5, 0.6) is 5.88 Å². The van der Waals surface area contributed by atoms with Crippen LogP contribution in [-0.4, -0.2) is 66.3 Å². The molecule has 150 valence electrons. The van der Waals surface area contributed by atoms with Crippen molar-refractivity contribution in [1.82, 2.24) is 20.0 Å². The van der Waals surface area contributed by atoms with E-state index in [4.69, 9.17) is 4.74 Å². The third-order valence-corrected chi connectivity index (χ3v) is 4.97. The Morgan fingerprint density at radius 2 is 1.89 bits per heavy atom. The highest BCUT2D eigenvalue weighted by molar-refractivity contribution is 5.98. The minimum absolute atomic E-state index is 0.0413. The molecule has 0 spiro atoms. The van der Waals surface area contributed by atoms with Gasteiger partial charge in [-0.2, -0.15) is 0 Å². The number of rotatable bonds is 5. The minimum atomic E-state index is -0.368. The second-order valence-electron chi connectivity index (χ2n) is 7.07. The summed E-state index contributed by atoms with van der Waals surface area (Å²) in [6.45, 7) is 6.98. The van der Waals surface area contributed by atoms with E-state index in [1.54, 1.807) is 18.1 Å². The topological polar surface area (TPSA) is 79.7 Å². The zero-order valence-corrected chi connectivity index (χ0v) is 16.9. The van der Waals surface area contributed by atoms with Crippen molar-refractivity contribution < 1.29 is 14.3 Å². The molecule has 1 saturated heterocycles. The first-order chi connectivity index (χ1) is 13.4. The third kappa shape index (κ3) is 4.27. The van der Waals surface area contributed by atoms with E-state index < -0.39 is 0 Å². The van der Waals surface area contributed by atoms with Crippen molar-refractivity contribution >= 4 is 17.5 Å². The van der Waals surface area contributed by atoms with Crippen molar-refractivity contribution in [1.29, 1.82) is 0 Å². The number of methoxy groups -OCH3 is 1. The predicted octanol–water partition coefficient (Wildman–Crippen LogP) is 1.12. The predicted molar refractivity (Wildman–Crippen MR) is 107 cm³/mol. The van der Waals surface area contributed by atoms with Crippen molar-refractivity contribution in [2.75, 3.05) is 44.7 Å². The smallest absolute Gasteiger partial charge is 0.258 e. The standard InChI is InChI=1S/C20H27N5O3/c1-14-5-6-15(2)17(11-14)24-7-9-25(10-8-24)18(26)12-21-19(27)16-13-23(3)22-20(16)28-4/h5-6,11,13H,7-10,12H2,1-4H3,(H,21,27). The summed E-state index contributed by atoms with van der Waals surface area (Å²) in [4.78, 5) is 28.9. The summed E-state index contributed by atoms with van der Waals surface area (Å²) in [7, 11) is 3.17. The number of carbonyl (C=O) groups excluding carboxylic acids is 2. The van der Waals surface area contributed by atoms with E-state index in [2.05, 4.69) is 47.4 Å². The van der Waals surface area contributed by atoms with Crippen molar-refractivity contribution in [2.24, 2.45) is 7.05 Å². The zero-order valence-electron chi connectivity index (χ0n) is 16.9. The van der Waals surface area contributed by atoms with Gasteiger partial charge in [-0.25, -0.2) is 0 Å². The van der Waals surface area contributed by atoms with E-state index in [-0.39, 0.29) is 24.2 Å². The summed E-state index contributed by atoms with van der Waals surface area (Å²) in [6, 6.07) is 6.43. The number of benzene rings is 1. The molecule has 3 rings (SSSR count). The van der Waals surface area contributed by atoms with E-state index >= 15 is 0 Å². The Balaban J connectivity index is 1.52. The molecule has 0 aliphatic carbocycles. The number of amides is 2. The lowest BCUT2D eigenvalue weighted by atomic mass is 10.1. The molecule has 2 amide bonds. The monoisotopic (exact) mass is 385 g/mol. The van der Waals surface area contributed by atoms with Crippen molar-refractivity contribution in [2.45, 2.75) is 13.8 Å². The molecule has 1 aliphatic rings. The van der Waals surface area contributed by atoms with Crippen LogP contribution in [0, 0.1) is 13.8 Å². The lowest BCUT2D eigenvalue weighted by Gasteiger charge is -2.37. The lowest BCUT2D eigenvalue weighted by molar-refractivity contribution is -0.130. The van der Waals surface area contributed by atoms with Gasteiger partial charge in [0.15, 0.2) is 0 Å². The number of nitrogens with zero attached hydrogens (tertiary/aromatic N) is 4. The normalized spacial score (nSPS) is 14.1. The number of carbonyl (C=O) groups is 2. The molecular weight excluding hydrogens is 358 g/mol. The van der Waals surface area contributed by atoms with Crippen LogP contribution in [0.4, 0.5) is 5.69 Å². The van der Waals surface area contributed by atoms with E-state index in [9.17, 15) is 9.59 Å². The fraction of sp³-hybridized carbons (Fsp3) is 0.450. The number of nitrogens with one attached hydrogen (secondary N) is 1. The Bertz CT molecular complexity index is 869. The fourth-order valence-corrected chi connectivity index (χ4v) is 3.39. The van der Waals surface area contributed by atoms with Crippen LogP contribution >= 0.6 is 0 Å². The quantitative estimate of drug-likeness (QED) is 0.835. The van der Waals surface area contributed by atoms with Gasteiger partial charge in [-0.15, -0.1) is 5.10 Å². The average molecular weight is 385 g/mol. The summed E-state index contributed by atoms with van der Waals surface area (Å²) in [5, 5.41) is 6.72. The Hall–Kier alpha value is -3.03. The summed E-state index contributed by atoms with van der Waals surface area (Å²) < 4.78 is 6.59. The van der Waals surface area contributed by atoms with Gasteiger partial charge in [0.1, 0.15) is 5.56 Å². The van der Waals surface area contributed by atoms with Gasteiger partial charge in [-0.1, -0.05) is 12.1 Å². The van der Waals surface area contributed by atoms with Gasteiger partial charge in [0, 0.05) is 45.1 Å². The lowest BCUT2D eigenvalue weighted by Crippen LogP contribution is -2.51. The first-order valence-electron chi connectivity index (χ1n) is 9.35. The second kappa shape index (κ2) is 8.33. The SMILES string of the molecule is COc1nn(C)cc1C(=O)NCC(=O)N1CCN(c2cc(C)ccc2C)CC1. The maximum atomic E-state index is 12.5. The van der Waals surface area contributed by atoms with E-state index in [1.807, 2.05) is 0 Å². The highest BCUT2D eigenvalue weighted by Crippen LogP contribution is 2.22. The molecule has 0 saturated carbocycles. The van der Waals surface area contributed by atoms with Crippen LogP contribution in [0.25, 0.3) is 0 Å². The molecule has 28 heavy (non-hydrogen) atoms. The van der Waals surface area contributed by atoms with Crippen molar-refractivity contribution in [3.8, 4) is 5.88 Å². The van der Waals surface area contributed by atoms with Crippen LogP contribution in [0.3, 0.4) is 0 Å². The first-order valence-corrected chi connectivity index (χ1v) is 9.35. The van der Waals surface area contributed by atoms with Gasteiger partial charge >= 0.3 is 0 Å². The van der Waals surface area contributed by atoms with Crippen molar-refractivity contribution in [3.63, 3.8) is 0 Å². The number of hydrogen-bond donors (Lipinski definition) is 1. The molecule has 0 unspecified atom stereocenters. The highest BCUT2D eigenvalue weighted by atomic mass is 16.5. The first kappa shape index (κ1) is 19.7. The van der Waals surface area contributed by atoms with Gasteiger partial charge in [0.25, 0.3) is 5.91 Å². The van der Waals surface area contributed by atoms with Gasteiger partial charge < -0.3 is 19.9 Å². The van der Waals surface area contributed by atoms with Gasteiger partial charge in [0.05, 0.1) is 13.7 Å². The largest absolute Gasteiger partial charge is 0.479 e. The summed E-state index contributed by atoms with van der Waals surface area (Å²) in [5.41, 5.74) is 4.01. The third-order valence-electron chi connectivity index (χ3n) is 4.97. The summed E-state index contributed by atoms with van der Waals surface area (Å²) >= 11 is 0. The molecule has 8 nitrogen and oxygen atoms in total. The zero-order chi connectivity index (χ0) is 20.3. The number of ether oxygens (including phenoxy) is 1. The van der Waals surface area contributed by atoms with Gasteiger partial charge in [0.2, 0.25) is 11.8 Å². The maximum Gasteiger partial charge on any atom is 0.258 e. The molecule has 0 bridgehead atoms. The minimum Gasteiger partial charge on any atom is -0.479 e. The summed E-state index contributed by atoms with van der Waals surface area (Å²) in [5.74, 6) is -0.210. The molecule has 2 aromatic rings. The average Bonchev–Trinajstić information content (AvgIpc) is 3.08. The van der Waals surface area contributed by atoms with Crippen molar-refractivity contribution in [3.05, 3.63) is 41.1 Å². The molecule has 1 N–H and O–H groups in total. The molecule has 0 atom stereocenters. The second-order valence-corrected chi connectivity index (χ2v) is 7.07. The molecule has 1 aromatic carbocycles. The van der Waals surface area contributed by atoms with Gasteiger partial charge in [-0.3, -0.25) is 14.3 Å².